The van der Waals surface area contributed by atoms with Crippen LogP contribution in [0.3, 0.4) is 0 Å². The van der Waals surface area contributed by atoms with Crippen LogP contribution in [0.1, 0.15) is 64.7 Å². The molecule has 2 nitrogen and oxygen atoms in total. The van der Waals surface area contributed by atoms with Crippen LogP contribution in [0.2, 0.25) is 0 Å². The highest BCUT2D eigenvalue weighted by Crippen LogP contribution is 2.18. The van der Waals surface area contributed by atoms with E-state index in [1.165, 1.54) is 57.8 Å². The van der Waals surface area contributed by atoms with E-state index >= 15 is 0 Å². The monoisotopic (exact) mass is 228 g/mol. The minimum absolute atomic E-state index is 0.653. The van der Waals surface area contributed by atoms with Gasteiger partial charge in [0, 0.05) is 0 Å². The van der Waals surface area contributed by atoms with Gasteiger partial charge in [-0.15, -0.1) is 0 Å². The summed E-state index contributed by atoms with van der Waals surface area (Å²) < 4.78 is 9.67. The van der Waals surface area contributed by atoms with E-state index in [0.717, 1.165) is 19.8 Å². The predicted octanol–water partition coefficient (Wildman–Crippen LogP) is 3.93. The lowest BCUT2D eigenvalue weighted by molar-refractivity contribution is 0.387. The summed E-state index contributed by atoms with van der Waals surface area (Å²) in [5.74, 6) is 0. The number of rotatable bonds is 9. The predicted molar refractivity (Wildman–Crippen MR) is 67.8 cm³/mol. The molecular formula is C14H28O2. The Morgan fingerprint density at radius 3 is 1.81 bits per heavy atom. The third kappa shape index (κ3) is 12.0. The molecule has 2 heteroatoms. The number of ether oxygens (including phenoxy) is 2. The fourth-order valence-corrected chi connectivity index (χ4v) is 1.74. The topological polar surface area (TPSA) is 25.1 Å². The smallest absolute Gasteiger partial charge is 0.0810 e. The highest BCUT2D eigenvalue weighted by atomic mass is 16.6. The van der Waals surface area contributed by atoms with Gasteiger partial charge in [-0.3, -0.25) is 0 Å². The molecule has 0 radical (unpaired) electrons. The molecule has 0 bridgehead atoms. The van der Waals surface area contributed by atoms with Gasteiger partial charge in [0.1, 0.15) is 0 Å². The van der Waals surface area contributed by atoms with E-state index in [-0.39, 0.29) is 0 Å². The second kappa shape index (κ2) is 10.1. The molecule has 2 rings (SSSR count). The third-order valence-electron chi connectivity index (χ3n) is 2.99. The molecule has 2 saturated heterocycles. The van der Waals surface area contributed by atoms with Gasteiger partial charge in [0.2, 0.25) is 0 Å². The van der Waals surface area contributed by atoms with E-state index in [0.29, 0.717) is 6.10 Å². The summed E-state index contributed by atoms with van der Waals surface area (Å²) in [6, 6.07) is 0. The first-order valence-electron chi connectivity index (χ1n) is 7.13. The fraction of sp³-hybridized carbons (Fsp3) is 1.00. The first-order chi connectivity index (χ1) is 7.93. The van der Waals surface area contributed by atoms with Crippen molar-refractivity contribution in [3.05, 3.63) is 0 Å². The molecule has 1 atom stereocenters. The second-order valence-corrected chi connectivity index (χ2v) is 4.83. The molecular weight excluding hydrogens is 200 g/mol. The summed E-state index contributed by atoms with van der Waals surface area (Å²) in [6.45, 7) is 5.31. The van der Waals surface area contributed by atoms with Crippen molar-refractivity contribution >= 4 is 0 Å². The van der Waals surface area contributed by atoms with Crippen LogP contribution in [-0.2, 0) is 9.47 Å². The van der Waals surface area contributed by atoms with Crippen LogP contribution in [0.5, 0.6) is 0 Å². The second-order valence-electron chi connectivity index (χ2n) is 4.83. The molecule has 2 aliphatic rings. The Balaban J connectivity index is 0.000000365. The largest absolute Gasteiger partial charge is 0.377 e. The molecule has 96 valence electrons. The summed E-state index contributed by atoms with van der Waals surface area (Å²) in [7, 11) is 0. The molecule has 0 aromatic heterocycles. The van der Waals surface area contributed by atoms with Gasteiger partial charge in [0.05, 0.1) is 25.9 Å². The van der Waals surface area contributed by atoms with Crippen molar-refractivity contribution in [3.63, 3.8) is 0 Å². The normalized spacial score (nSPS) is 21.2. The maximum Gasteiger partial charge on any atom is 0.0810 e. The highest BCUT2D eigenvalue weighted by Gasteiger charge is 2.20. The number of hydrogen-bond donors (Lipinski definition) is 0. The molecule has 1 unspecified atom stereocenters. The standard InChI is InChI=1S/C12H24O.C2H4O/c1-2-3-4-5-6-7-8-9-10-12-11-13-12;1-2-3-1/h12H,2-11H2,1H3;1-2H2. The Hall–Kier alpha value is -0.0800. The van der Waals surface area contributed by atoms with Gasteiger partial charge in [0.15, 0.2) is 0 Å². The third-order valence-corrected chi connectivity index (χ3v) is 2.99. The highest BCUT2D eigenvalue weighted by molar-refractivity contribution is 4.68. The van der Waals surface area contributed by atoms with Crippen molar-refractivity contribution in [1.82, 2.24) is 0 Å². The van der Waals surface area contributed by atoms with E-state index < -0.39 is 0 Å². The Morgan fingerprint density at radius 2 is 1.38 bits per heavy atom. The lowest BCUT2D eigenvalue weighted by atomic mass is 10.1. The lowest BCUT2D eigenvalue weighted by Gasteiger charge is -1.99. The van der Waals surface area contributed by atoms with Crippen LogP contribution >= 0.6 is 0 Å². The fourth-order valence-electron chi connectivity index (χ4n) is 1.74. The van der Waals surface area contributed by atoms with Crippen molar-refractivity contribution in [3.8, 4) is 0 Å². The number of epoxide rings is 2. The Labute approximate surface area is 101 Å². The van der Waals surface area contributed by atoms with E-state index in [1.54, 1.807) is 0 Å². The van der Waals surface area contributed by atoms with Crippen molar-refractivity contribution in [2.45, 2.75) is 70.8 Å². The zero-order valence-electron chi connectivity index (χ0n) is 10.9. The Kier molecular flexibility index (Phi) is 8.83. The van der Waals surface area contributed by atoms with Gasteiger partial charge in [-0.05, 0) is 6.42 Å². The van der Waals surface area contributed by atoms with Gasteiger partial charge in [-0.2, -0.15) is 0 Å². The minimum atomic E-state index is 0.653. The molecule has 2 heterocycles. The Morgan fingerprint density at radius 1 is 0.875 bits per heavy atom. The average molecular weight is 228 g/mol. The summed E-state index contributed by atoms with van der Waals surface area (Å²) in [5, 5.41) is 0. The van der Waals surface area contributed by atoms with Gasteiger partial charge in [0.25, 0.3) is 0 Å². The molecule has 0 aromatic rings. The molecule has 0 N–H and O–H groups in total. The molecule has 0 aliphatic carbocycles. The number of unbranched alkanes of at least 4 members (excludes halogenated alkanes) is 7. The molecule has 0 amide bonds. The van der Waals surface area contributed by atoms with Gasteiger partial charge in [-0.25, -0.2) is 0 Å². The quantitative estimate of drug-likeness (QED) is 0.441. The van der Waals surface area contributed by atoms with Crippen LogP contribution in [0.15, 0.2) is 0 Å². The van der Waals surface area contributed by atoms with E-state index in [9.17, 15) is 0 Å². The molecule has 0 spiro atoms. The van der Waals surface area contributed by atoms with Crippen LogP contribution in [0.25, 0.3) is 0 Å². The van der Waals surface area contributed by atoms with Crippen molar-refractivity contribution in [1.29, 1.82) is 0 Å². The van der Waals surface area contributed by atoms with E-state index in [2.05, 4.69) is 11.7 Å². The molecule has 2 fully saturated rings. The maximum atomic E-state index is 5.17. The summed E-state index contributed by atoms with van der Waals surface area (Å²) in [6.07, 6.45) is 13.4. The number of hydrogen-bond acceptors (Lipinski definition) is 2. The summed E-state index contributed by atoms with van der Waals surface area (Å²) in [4.78, 5) is 0. The molecule has 16 heavy (non-hydrogen) atoms. The van der Waals surface area contributed by atoms with Gasteiger partial charge < -0.3 is 9.47 Å². The van der Waals surface area contributed by atoms with Crippen LogP contribution in [0, 0.1) is 0 Å². The summed E-state index contributed by atoms with van der Waals surface area (Å²) >= 11 is 0. The van der Waals surface area contributed by atoms with Crippen molar-refractivity contribution in [2.24, 2.45) is 0 Å². The van der Waals surface area contributed by atoms with E-state index in [1.807, 2.05) is 0 Å². The molecule has 0 saturated carbocycles. The van der Waals surface area contributed by atoms with Crippen LogP contribution in [0.4, 0.5) is 0 Å². The maximum absolute atomic E-state index is 5.17. The van der Waals surface area contributed by atoms with E-state index in [4.69, 9.17) is 4.74 Å². The molecule has 0 aromatic carbocycles. The zero-order chi connectivity index (χ0) is 11.5. The van der Waals surface area contributed by atoms with Crippen molar-refractivity contribution < 1.29 is 9.47 Å². The first-order valence-corrected chi connectivity index (χ1v) is 7.13. The summed E-state index contributed by atoms with van der Waals surface area (Å²) in [5.41, 5.74) is 0. The average Bonchev–Trinajstić information content (AvgIpc) is 3.16. The van der Waals surface area contributed by atoms with Crippen LogP contribution < -0.4 is 0 Å². The Bertz CT molecular complexity index is 139. The van der Waals surface area contributed by atoms with Gasteiger partial charge in [-0.1, -0.05) is 58.3 Å². The SMILES string of the molecule is C1CO1.CCCCCCCCCCC1CO1. The van der Waals surface area contributed by atoms with Crippen molar-refractivity contribution in [2.75, 3.05) is 19.8 Å². The minimum Gasteiger partial charge on any atom is -0.377 e. The van der Waals surface area contributed by atoms with Crippen LogP contribution in [-0.4, -0.2) is 25.9 Å². The first kappa shape index (κ1) is 14.0. The van der Waals surface area contributed by atoms with Gasteiger partial charge >= 0.3 is 0 Å². The zero-order valence-corrected chi connectivity index (χ0v) is 10.9. The lowest BCUT2D eigenvalue weighted by Crippen LogP contribution is -1.85. The molecule has 2 aliphatic heterocycles.